The molecule has 3 rings (SSSR count). The number of fused-ring (bicyclic) bond motifs is 1. The minimum atomic E-state index is -0.111. The van der Waals surface area contributed by atoms with Crippen molar-refractivity contribution in [2.75, 3.05) is 33.1 Å². The molecule has 5 nitrogen and oxygen atoms in total. The molecule has 2 aromatic carbocycles. The number of likely N-dealkylation sites (N-methyl/N-ethyl adjacent to an activating group) is 1. The summed E-state index contributed by atoms with van der Waals surface area (Å²) in [5, 5.41) is 3.32. The first-order valence-corrected chi connectivity index (χ1v) is 9.40. The SMILES string of the molecule is COc1cc(OC)c(NC(=O)CN(C)C2CCCc3ccccc32)cc1Cl. The van der Waals surface area contributed by atoms with E-state index in [0.29, 0.717) is 22.2 Å². The predicted molar refractivity (Wildman–Crippen MR) is 108 cm³/mol. The van der Waals surface area contributed by atoms with E-state index in [0.717, 1.165) is 19.3 Å². The third-order valence-corrected chi connectivity index (χ3v) is 5.31. The number of hydrogen-bond donors (Lipinski definition) is 1. The number of nitrogens with zero attached hydrogens (tertiary/aromatic N) is 1. The summed E-state index contributed by atoms with van der Waals surface area (Å²) < 4.78 is 10.5. The number of hydrogen-bond acceptors (Lipinski definition) is 4. The van der Waals surface area contributed by atoms with E-state index in [9.17, 15) is 4.79 Å². The molecule has 1 aliphatic rings. The van der Waals surface area contributed by atoms with E-state index in [1.807, 2.05) is 7.05 Å². The van der Waals surface area contributed by atoms with E-state index < -0.39 is 0 Å². The van der Waals surface area contributed by atoms with Crippen molar-refractivity contribution in [1.29, 1.82) is 0 Å². The van der Waals surface area contributed by atoms with Crippen molar-refractivity contribution in [3.8, 4) is 11.5 Å². The summed E-state index contributed by atoms with van der Waals surface area (Å²) >= 11 is 6.18. The molecule has 0 aromatic heterocycles. The van der Waals surface area contributed by atoms with Gasteiger partial charge in [0.1, 0.15) is 11.5 Å². The summed E-state index contributed by atoms with van der Waals surface area (Å²) in [5.74, 6) is 0.901. The van der Waals surface area contributed by atoms with Crippen LogP contribution in [0.25, 0.3) is 0 Å². The molecule has 0 saturated heterocycles. The van der Waals surface area contributed by atoms with Crippen LogP contribution in [0.3, 0.4) is 0 Å². The van der Waals surface area contributed by atoms with Crippen molar-refractivity contribution < 1.29 is 14.3 Å². The summed E-state index contributed by atoms with van der Waals surface area (Å²) in [7, 11) is 5.07. The number of rotatable bonds is 6. The first-order chi connectivity index (χ1) is 13.0. The lowest BCUT2D eigenvalue weighted by molar-refractivity contribution is -0.117. The van der Waals surface area contributed by atoms with E-state index in [-0.39, 0.29) is 18.5 Å². The third kappa shape index (κ3) is 4.37. The molecule has 6 heteroatoms. The number of methoxy groups -OCH3 is 2. The molecule has 0 heterocycles. The van der Waals surface area contributed by atoms with Gasteiger partial charge in [0.15, 0.2) is 0 Å². The van der Waals surface area contributed by atoms with E-state index in [2.05, 4.69) is 34.5 Å². The zero-order chi connectivity index (χ0) is 19.4. The Kier molecular flexibility index (Phi) is 6.24. The average Bonchev–Trinajstić information content (AvgIpc) is 2.67. The fourth-order valence-electron chi connectivity index (χ4n) is 3.67. The first-order valence-electron chi connectivity index (χ1n) is 9.03. The Morgan fingerprint density at radius 2 is 1.96 bits per heavy atom. The number of anilines is 1. The molecular formula is C21H25ClN2O3. The number of aryl methyl sites for hydroxylation is 1. The van der Waals surface area contributed by atoms with Crippen LogP contribution in [0.15, 0.2) is 36.4 Å². The highest BCUT2D eigenvalue weighted by molar-refractivity contribution is 6.32. The molecule has 0 radical (unpaired) electrons. The van der Waals surface area contributed by atoms with Crippen LogP contribution in [-0.2, 0) is 11.2 Å². The normalized spacial score (nSPS) is 16.0. The third-order valence-electron chi connectivity index (χ3n) is 5.01. The minimum absolute atomic E-state index is 0.111. The van der Waals surface area contributed by atoms with Crippen molar-refractivity contribution in [2.45, 2.75) is 25.3 Å². The van der Waals surface area contributed by atoms with Gasteiger partial charge in [0, 0.05) is 12.1 Å². The highest BCUT2D eigenvalue weighted by atomic mass is 35.5. The fourth-order valence-corrected chi connectivity index (χ4v) is 3.91. The molecule has 1 atom stereocenters. The van der Waals surface area contributed by atoms with Gasteiger partial charge in [0.25, 0.3) is 0 Å². The number of amides is 1. The molecule has 0 spiro atoms. The number of benzene rings is 2. The number of halogens is 1. The summed E-state index contributed by atoms with van der Waals surface area (Å²) in [4.78, 5) is 14.7. The second kappa shape index (κ2) is 8.63. The highest BCUT2D eigenvalue weighted by Crippen LogP contribution is 2.36. The standard InChI is InChI=1S/C21H25ClN2O3/c1-24(18-10-6-8-14-7-4-5-9-15(14)18)13-21(25)23-17-11-16(22)19(26-2)12-20(17)27-3/h4-5,7,9,11-12,18H,6,8,10,13H2,1-3H3,(H,23,25). The van der Waals surface area contributed by atoms with Gasteiger partial charge in [0.2, 0.25) is 5.91 Å². The number of ether oxygens (including phenoxy) is 2. The van der Waals surface area contributed by atoms with Crippen molar-refractivity contribution in [2.24, 2.45) is 0 Å². The summed E-state index contributed by atoms with van der Waals surface area (Å²) in [6.45, 7) is 0.284. The lowest BCUT2D eigenvalue weighted by Gasteiger charge is -2.32. The molecule has 1 N–H and O–H groups in total. The fraction of sp³-hybridized carbons (Fsp3) is 0.381. The van der Waals surface area contributed by atoms with Gasteiger partial charge in [-0.05, 0) is 43.5 Å². The molecule has 0 aliphatic heterocycles. The van der Waals surface area contributed by atoms with Gasteiger partial charge in [-0.25, -0.2) is 0 Å². The van der Waals surface area contributed by atoms with Crippen LogP contribution in [0.2, 0.25) is 5.02 Å². The minimum Gasteiger partial charge on any atom is -0.495 e. The second-order valence-corrected chi connectivity index (χ2v) is 7.16. The average molecular weight is 389 g/mol. The molecule has 27 heavy (non-hydrogen) atoms. The molecule has 1 aliphatic carbocycles. The smallest absolute Gasteiger partial charge is 0.238 e. The van der Waals surface area contributed by atoms with Crippen LogP contribution in [-0.4, -0.2) is 38.6 Å². The Bertz CT molecular complexity index is 825. The maximum absolute atomic E-state index is 12.6. The number of carbonyl (C=O) groups is 1. The Labute approximate surface area is 165 Å². The summed E-state index contributed by atoms with van der Waals surface area (Å²) in [6.07, 6.45) is 3.29. The van der Waals surface area contributed by atoms with Crippen molar-refractivity contribution in [3.63, 3.8) is 0 Å². The van der Waals surface area contributed by atoms with Crippen LogP contribution in [0.4, 0.5) is 5.69 Å². The predicted octanol–water partition coefficient (Wildman–Crippen LogP) is 4.31. The zero-order valence-corrected chi connectivity index (χ0v) is 16.7. The Balaban J connectivity index is 1.71. The molecule has 2 aromatic rings. The summed E-state index contributed by atoms with van der Waals surface area (Å²) in [6, 6.07) is 12.1. The van der Waals surface area contributed by atoms with Crippen molar-refractivity contribution >= 4 is 23.2 Å². The van der Waals surface area contributed by atoms with Gasteiger partial charge >= 0.3 is 0 Å². The second-order valence-electron chi connectivity index (χ2n) is 6.76. The Hall–Kier alpha value is -2.24. The van der Waals surface area contributed by atoms with Gasteiger partial charge in [-0.2, -0.15) is 0 Å². The van der Waals surface area contributed by atoms with E-state index in [4.69, 9.17) is 21.1 Å². The zero-order valence-electron chi connectivity index (χ0n) is 15.9. The van der Waals surface area contributed by atoms with Gasteiger partial charge in [0.05, 0.1) is 31.5 Å². The van der Waals surface area contributed by atoms with Crippen LogP contribution < -0.4 is 14.8 Å². The topological polar surface area (TPSA) is 50.8 Å². The van der Waals surface area contributed by atoms with Gasteiger partial charge in [-0.1, -0.05) is 35.9 Å². The lowest BCUT2D eigenvalue weighted by Crippen LogP contribution is -2.35. The molecule has 1 unspecified atom stereocenters. The highest BCUT2D eigenvalue weighted by Gasteiger charge is 2.25. The molecule has 144 valence electrons. The quantitative estimate of drug-likeness (QED) is 0.801. The van der Waals surface area contributed by atoms with Crippen LogP contribution in [0, 0.1) is 0 Å². The van der Waals surface area contributed by atoms with E-state index in [1.165, 1.54) is 18.2 Å². The van der Waals surface area contributed by atoms with Crippen LogP contribution >= 0.6 is 11.6 Å². The maximum Gasteiger partial charge on any atom is 0.238 e. The molecule has 0 saturated carbocycles. The largest absolute Gasteiger partial charge is 0.495 e. The van der Waals surface area contributed by atoms with Crippen LogP contribution in [0.1, 0.15) is 30.0 Å². The summed E-state index contributed by atoms with van der Waals surface area (Å²) in [5.41, 5.74) is 3.24. The van der Waals surface area contributed by atoms with Crippen LogP contribution in [0.5, 0.6) is 11.5 Å². The van der Waals surface area contributed by atoms with Gasteiger partial charge < -0.3 is 14.8 Å². The Morgan fingerprint density at radius 3 is 2.70 bits per heavy atom. The maximum atomic E-state index is 12.6. The molecule has 0 fully saturated rings. The molecular weight excluding hydrogens is 364 g/mol. The van der Waals surface area contributed by atoms with Crippen molar-refractivity contribution in [3.05, 3.63) is 52.5 Å². The number of nitrogens with one attached hydrogen (secondary N) is 1. The van der Waals surface area contributed by atoms with E-state index in [1.54, 1.807) is 19.2 Å². The monoisotopic (exact) mass is 388 g/mol. The number of carbonyl (C=O) groups excluding carboxylic acids is 1. The molecule has 0 bridgehead atoms. The van der Waals surface area contributed by atoms with Gasteiger partial charge in [-0.3, -0.25) is 9.69 Å². The first kappa shape index (κ1) is 19.5. The van der Waals surface area contributed by atoms with Gasteiger partial charge in [-0.15, -0.1) is 0 Å². The van der Waals surface area contributed by atoms with Crippen molar-refractivity contribution in [1.82, 2.24) is 4.90 Å². The Morgan fingerprint density at radius 1 is 1.22 bits per heavy atom. The van der Waals surface area contributed by atoms with E-state index >= 15 is 0 Å². The molecule has 1 amide bonds. The lowest BCUT2D eigenvalue weighted by atomic mass is 9.87.